The van der Waals surface area contributed by atoms with Crippen molar-refractivity contribution in [3.8, 4) is 17.4 Å². The molecule has 0 saturated carbocycles. The fourth-order valence-electron chi connectivity index (χ4n) is 4.41. The topological polar surface area (TPSA) is 58.1 Å². The average molecular weight is 453 g/mol. The lowest BCUT2D eigenvalue weighted by atomic mass is 10.1. The van der Waals surface area contributed by atoms with E-state index in [1.54, 1.807) is 6.20 Å². The predicted octanol–water partition coefficient (Wildman–Crippen LogP) is 3.79. The molecule has 3 heterocycles. The Morgan fingerprint density at radius 2 is 1.76 bits per heavy atom. The highest BCUT2D eigenvalue weighted by Crippen LogP contribution is 2.32. The van der Waals surface area contributed by atoms with Crippen molar-refractivity contribution in [2.75, 3.05) is 52.9 Å². The summed E-state index contributed by atoms with van der Waals surface area (Å²) in [7, 11) is 2.13. The van der Waals surface area contributed by atoms with Crippen molar-refractivity contribution < 1.29 is 14.3 Å². The Hall–Kier alpha value is -2.64. The molecule has 1 aromatic heterocycles. The predicted molar refractivity (Wildman–Crippen MR) is 129 cm³/mol. The van der Waals surface area contributed by atoms with E-state index in [4.69, 9.17) is 9.47 Å². The van der Waals surface area contributed by atoms with Gasteiger partial charge in [-0.3, -0.25) is 9.69 Å². The normalized spacial score (nSPS) is 19.2. The largest absolute Gasteiger partial charge is 0.490 e. The van der Waals surface area contributed by atoms with Crippen LogP contribution < -0.4 is 9.47 Å². The number of nitrogens with zero attached hydrogens (tertiary/aromatic N) is 4. The number of ether oxygens (including phenoxy) is 2. The van der Waals surface area contributed by atoms with Gasteiger partial charge in [-0.05, 0) is 57.6 Å². The molecule has 0 spiro atoms. The highest BCUT2D eigenvalue weighted by molar-refractivity contribution is 5.78. The summed E-state index contributed by atoms with van der Waals surface area (Å²) in [6.07, 6.45) is 7.08. The van der Waals surface area contributed by atoms with Gasteiger partial charge in [0.25, 0.3) is 0 Å². The molecule has 0 aliphatic carbocycles. The molecule has 178 valence electrons. The molecule has 2 aromatic rings. The van der Waals surface area contributed by atoms with Crippen molar-refractivity contribution in [1.82, 2.24) is 19.7 Å². The molecule has 7 nitrogen and oxygen atoms in total. The number of fused-ring (bicyclic) bond motifs is 2. The number of para-hydroxylation sites is 2. The maximum atomic E-state index is 13.2. The van der Waals surface area contributed by atoms with Gasteiger partial charge in [0.2, 0.25) is 11.8 Å². The summed E-state index contributed by atoms with van der Waals surface area (Å²) < 4.78 is 12.2. The summed E-state index contributed by atoms with van der Waals surface area (Å²) in [4.78, 5) is 24.3. The minimum atomic E-state index is 0.219. The molecular formula is C26H36N4O3. The Bertz CT molecular complexity index is 907. The monoisotopic (exact) mass is 452 g/mol. The number of likely N-dealkylation sites (N-methyl/N-ethyl adjacent to an activating group) is 1. The average Bonchev–Trinajstić information content (AvgIpc) is 3.04. The maximum absolute atomic E-state index is 13.2. The van der Waals surface area contributed by atoms with Crippen LogP contribution in [0.25, 0.3) is 0 Å². The van der Waals surface area contributed by atoms with Crippen LogP contribution in [-0.2, 0) is 11.3 Å². The summed E-state index contributed by atoms with van der Waals surface area (Å²) in [5, 5.41) is 0. The van der Waals surface area contributed by atoms with E-state index in [-0.39, 0.29) is 5.91 Å². The maximum Gasteiger partial charge on any atom is 0.236 e. The third-order valence-electron chi connectivity index (χ3n) is 6.36. The zero-order chi connectivity index (χ0) is 22.9. The van der Waals surface area contributed by atoms with Gasteiger partial charge < -0.3 is 19.3 Å². The van der Waals surface area contributed by atoms with E-state index in [1.165, 1.54) is 0 Å². The molecule has 7 heteroatoms. The second-order valence-corrected chi connectivity index (χ2v) is 9.03. The summed E-state index contributed by atoms with van der Waals surface area (Å²) in [5.41, 5.74) is 0.979. The van der Waals surface area contributed by atoms with E-state index in [0.717, 1.165) is 76.1 Å². The molecule has 33 heavy (non-hydrogen) atoms. The fraction of sp³-hybridized carbons (Fsp3) is 0.538. The number of carbonyl (C=O) groups excluding carboxylic acids is 1. The van der Waals surface area contributed by atoms with Gasteiger partial charge in [-0.15, -0.1) is 0 Å². The molecule has 0 radical (unpaired) electrons. The highest BCUT2D eigenvalue weighted by Gasteiger charge is 2.21. The van der Waals surface area contributed by atoms with Gasteiger partial charge in [-0.25, -0.2) is 4.98 Å². The molecule has 0 bridgehead atoms. The van der Waals surface area contributed by atoms with Crippen LogP contribution in [0.15, 0.2) is 42.6 Å². The van der Waals surface area contributed by atoms with Crippen LogP contribution in [-0.4, -0.2) is 78.5 Å². The summed E-state index contributed by atoms with van der Waals surface area (Å²) >= 11 is 0. The van der Waals surface area contributed by atoms with Crippen LogP contribution in [0, 0.1) is 0 Å². The van der Waals surface area contributed by atoms with Gasteiger partial charge >= 0.3 is 0 Å². The molecule has 4 rings (SSSR count). The van der Waals surface area contributed by atoms with Crippen LogP contribution in [0.5, 0.6) is 17.4 Å². The van der Waals surface area contributed by atoms with E-state index in [0.29, 0.717) is 31.3 Å². The number of hydrogen-bond acceptors (Lipinski definition) is 6. The van der Waals surface area contributed by atoms with Crippen LogP contribution in [0.2, 0.25) is 0 Å². The van der Waals surface area contributed by atoms with Crippen LogP contribution in [0.3, 0.4) is 0 Å². The second kappa shape index (κ2) is 12.0. The summed E-state index contributed by atoms with van der Waals surface area (Å²) in [6.45, 7) is 6.24. The van der Waals surface area contributed by atoms with E-state index < -0.39 is 0 Å². The van der Waals surface area contributed by atoms with Crippen LogP contribution >= 0.6 is 0 Å². The van der Waals surface area contributed by atoms with Crippen molar-refractivity contribution in [3.63, 3.8) is 0 Å². The first-order chi connectivity index (χ1) is 16.2. The van der Waals surface area contributed by atoms with E-state index in [1.807, 2.05) is 41.3 Å². The van der Waals surface area contributed by atoms with Crippen molar-refractivity contribution in [3.05, 3.63) is 48.2 Å². The molecule has 1 fully saturated rings. The summed E-state index contributed by atoms with van der Waals surface area (Å²) in [5.74, 6) is 2.20. The van der Waals surface area contributed by atoms with Crippen LogP contribution in [0.4, 0.5) is 0 Å². The lowest BCUT2D eigenvalue weighted by Gasteiger charge is -2.27. The number of amides is 1. The highest BCUT2D eigenvalue weighted by atomic mass is 16.5. The molecule has 0 atom stereocenters. The fourth-order valence-corrected chi connectivity index (χ4v) is 4.41. The third-order valence-corrected chi connectivity index (χ3v) is 6.36. The Labute approximate surface area is 197 Å². The van der Waals surface area contributed by atoms with Gasteiger partial charge in [0.1, 0.15) is 0 Å². The number of benzene rings is 1. The van der Waals surface area contributed by atoms with Gasteiger partial charge in [-0.1, -0.05) is 31.0 Å². The van der Waals surface area contributed by atoms with Crippen molar-refractivity contribution >= 4 is 5.91 Å². The standard InChI is InChI=1S/C26H36N4O3/c1-28-14-9-16-30(18-17-28)25(31)21-29-15-6-2-3-7-19-32-23-11-4-5-12-24(23)33-26-22(20-29)10-8-13-27-26/h4-5,8,10-13H,2-3,6-7,9,14-21H2,1H3. The second-order valence-electron chi connectivity index (χ2n) is 9.03. The first kappa shape index (κ1) is 23.5. The first-order valence-corrected chi connectivity index (χ1v) is 12.2. The Kier molecular flexibility index (Phi) is 8.55. The molecule has 2 aliphatic heterocycles. The quantitative estimate of drug-likeness (QED) is 0.691. The number of aromatic nitrogens is 1. The Morgan fingerprint density at radius 3 is 2.67 bits per heavy atom. The molecular weight excluding hydrogens is 416 g/mol. The van der Waals surface area contributed by atoms with E-state index >= 15 is 0 Å². The molecule has 1 amide bonds. The molecule has 1 aromatic carbocycles. The molecule has 1 saturated heterocycles. The zero-order valence-electron chi connectivity index (χ0n) is 19.7. The lowest BCUT2D eigenvalue weighted by molar-refractivity contribution is -0.132. The van der Waals surface area contributed by atoms with Crippen molar-refractivity contribution in [2.24, 2.45) is 0 Å². The molecule has 0 unspecified atom stereocenters. The van der Waals surface area contributed by atoms with Gasteiger partial charge in [0, 0.05) is 37.9 Å². The Morgan fingerprint density at radius 1 is 0.909 bits per heavy atom. The van der Waals surface area contributed by atoms with Gasteiger partial charge in [-0.2, -0.15) is 0 Å². The number of carbonyl (C=O) groups is 1. The lowest BCUT2D eigenvalue weighted by Crippen LogP contribution is -2.42. The first-order valence-electron chi connectivity index (χ1n) is 12.2. The SMILES string of the molecule is CN1CCCN(C(=O)CN2CCCCCCOc3ccccc3Oc3ncccc3C2)CC1. The van der Waals surface area contributed by atoms with Gasteiger partial charge in [0.15, 0.2) is 11.5 Å². The number of rotatable bonds is 2. The van der Waals surface area contributed by atoms with Crippen molar-refractivity contribution in [2.45, 2.75) is 38.6 Å². The smallest absolute Gasteiger partial charge is 0.236 e. The van der Waals surface area contributed by atoms with E-state index in [2.05, 4.69) is 21.8 Å². The van der Waals surface area contributed by atoms with Gasteiger partial charge in [0.05, 0.1) is 13.2 Å². The minimum absolute atomic E-state index is 0.219. The van der Waals surface area contributed by atoms with Crippen LogP contribution in [0.1, 0.15) is 37.7 Å². The number of hydrogen-bond donors (Lipinski definition) is 0. The Balaban J connectivity index is 1.52. The van der Waals surface area contributed by atoms with Crippen molar-refractivity contribution in [1.29, 1.82) is 0 Å². The zero-order valence-corrected chi connectivity index (χ0v) is 19.7. The third kappa shape index (κ3) is 6.92. The number of pyridine rings is 1. The molecule has 2 aliphatic rings. The van der Waals surface area contributed by atoms with E-state index in [9.17, 15) is 4.79 Å². The molecule has 0 N–H and O–H groups in total. The minimum Gasteiger partial charge on any atom is -0.490 e. The summed E-state index contributed by atoms with van der Waals surface area (Å²) in [6, 6.07) is 11.7.